The molecule has 10 nitrogen and oxygen atoms in total. The number of nitrogens with two attached hydrogens (primary N) is 2. The first-order chi connectivity index (χ1) is 18.8. The lowest BCUT2D eigenvalue weighted by atomic mass is 10.0. The Labute approximate surface area is 229 Å². The third-order valence-corrected chi connectivity index (χ3v) is 6.74. The molecule has 210 valence electrons. The monoisotopic (exact) mass is 537 g/mol. The Kier molecular flexibility index (Phi) is 11.4. The van der Waals surface area contributed by atoms with E-state index >= 15 is 0 Å². The van der Waals surface area contributed by atoms with Crippen LogP contribution in [0.25, 0.3) is 0 Å². The molecule has 0 aromatic heterocycles. The SMILES string of the molecule is NCCCCCCc1ccc2c(c1)C(=O)N(CCC(=O)O)CC(=O)N2Cc1ccccc1NC(=O)CCCN. The van der Waals surface area contributed by atoms with Crippen LogP contribution in [0.4, 0.5) is 11.4 Å². The highest BCUT2D eigenvalue weighted by Crippen LogP contribution is 2.30. The highest BCUT2D eigenvalue weighted by Gasteiger charge is 2.32. The Balaban J connectivity index is 1.91. The van der Waals surface area contributed by atoms with Crippen LogP contribution in [0.2, 0.25) is 0 Å². The fourth-order valence-corrected chi connectivity index (χ4v) is 4.61. The normalized spacial score (nSPS) is 13.3. The number of hydrogen-bond donors (Lipinski definition) is 4. The van der Waals surface area contributed by atoms with E-state index in [0.717, 1.165) is 37.7 Å². The number of amides is 3. The van der Waals surface area contributed by atoms with E-state index in [0.29, 0.717) is 48.4 Å². The van der Waals surface area contributed by atoms with Gasteiger partial charge in [-0.1, -0.05) is 37.1 Å². The van der Waals surface area contributed by atoms with Gasteiger partial charge in [-0.15, -0.1) is 0 Å². The molecule has 0 bridgehead atoms. The number of nitrogens with zero attached hydrogens (tertiary/aromatic N) is 2. The minimum atomic E-state index is -1.04. The summed E-state index contributed by atoms with van der Waals surface area (Å²) in [5.74, 6) is -1.90. The van der Waals surface area contributed by atoms with Crippen molar-refractivity contribution >= 4 is 35.1 Å². The molecule has 1 heterocycles. The maximum Gasteiger partial charge on any atom is 0.305 e. The fraction of sp³-hybridized carbons (Fsp3) is 0.448. The summed E-state index contributed by atoms with van der Waals surface area (Å²) in [4.78, 5) is 53.5. The average molecular weight is 538 g/mol. The molecule has 0 radical (unpaired) electrons. The Morgan fingerprint density at radius 1 is 0.923 bits per heavy atom. The Bertz CT molecular complexity index is 1170. The number of aryl methyl sites for hydroxylation is 1. The van der Waals surface area contributed by atoms with Gasteiger partial charge in [-0.3, -0.25) is 19.2 Å². The number of rotatable bonds is 15. The molecule has 0 fully saturated rings. The number of carboxylic acids is 1. The zero-order valence-electron chi connectivity index (χ0n) is 22.4. The number of unbranched alkanes of at least 4 members (excludes halogenated alkanes) is 3. The van der Waals surface area contributed by atoms with Crippen LogP contribution in [0.3, 0.4) is 0 Å². The smallest absolute Gasteiger partial charge is 0.305 e. The van der Waals surface area contributed by atoms with Crippen LogP contribution in [-0.4, -0.2) is 59.9 Å². The van der Waals surface area contributed by atoms with Crippen molar-refractivity contribution in [2.45, 2.75) is 57.9 Å². The van der Waals surface area contributed by atoms with Crippen molar-refractivity contribution in [1.29, 1.82) is 0 Å². The van der Waals surface area contributed by atoms with Crippen LogP contribution >= 0.6 is 0 Å². The lowest BCUT2D eigenvalue weighted by molar-refractivity contribution is -0.137. The number of aliphatic carboxylic acids is 1. The number of benzene rings is 2. The van der Waals surface area contributed by atoms with Crippen LogP contribution < -0.4 is 21.7 Å². The molecule has 0 saturated heterocycles. The van der Waals surface area contributed by atoms with Gasteiger partial charge in [0.05, 0.1) is 24.2 Å². The van der Waals surface area contributed by atoms with E-state index in [1.165, 1.54) is 4.90 Å². The Hall–Kier alpha value is -3.76. The van der Waals surface area contributed by atoms with Crippen molar-refractivity contribution in [3.63, 3.8) is 0 Å². The van der Waals surface area contributed by atoms with Gasteiger partial charge in [0.1, 0.15) is 6.54 Å². The van der Waals surface area contributed by atoms with E-state index in [4.69, 9.17) is 11.5 Å². The Morgan fingerprint density at radius 3 is 2.41 bits per heavy atom. The average Bonchev–Trinajstić information content (AvgIpc) is 3.01. The topological polar surface area (TPSA) is 159 Å². The number of hydrogen-bond acceptors (Lipinski definition) is 6. The van der Waals surface area contributed by atoms with E-state index < -0.39 is 5.97 Å². The van der Waals surface area contributed by atoms with E-state index in [1.807, 2.05) is 24.3 Å². The van der Waals surface area contributed by atoms with Crippen molar-refractivity contribution in [2.75, 3.05) is 36.4 Å². The summed E-state index contributed by atoms with van der Waals surface area (Å²) in [6.45, 7) is 0.919. The van der Waals surface area contributed by atoms with Crippen molar-refractivity contribution in [3.05, 3.63) is 59.2 Å². The molecule has 10 heteroatoms. The first-order valence-electron chi connectivity index (χ1n) is 13.6. The standard InChI is InChI=1S/C29H39N5O5/c30-15-6-2-1-3-8-21-12-13-25-23(18-21)29(39)33(17-14-28(37)38)20-27(36)34(25)19-22-9-4-5-10-24(22)32-26(35)11-7-16-31/h4-5,9-10,12-13,18H,1-3,6-8,11,14-17,19-20,30-31H2,(H,32,35)(H,37,38). The van der Waals surface area contributed by atoms with Crippen molar-refractivity contribution in [2.24, 2.45) is 11.5 Å². The van der Waals surface area contributed by atoms with Gasteiger partial charge in [0, 0.05) is 18.7 Å². The zero-order valence-corrected chi connectivity index (χ0v) is 22.4. The van der Waals surface area contributed by atoms with Crippen molar-refractivity contribution < 1.29 is 24.3 Å². The summed E-state index contributed by atoms with van der Waals surface area (Å²) >= 11 is 0. The van der Waals surface area contributed by atoms with Crippen LogP contribution in [0, 0.1) is 0 Å². The van der Waals surface area contributed by atoms with E-state index in [2.05, 4.69) is 5.32 Å². The minimum Gasteiger partial charge on any atom is -0.481 e. The third kappa shape index (κ3) is 8.62. The predicted octanol–water partition coefficient (Wildman–Crippen LogP) is 2.89. The molecule has 39 heavy (non-hydrogen) atoms. The summed E-state index contributed by atoms with van der Waals surface area (Å²) in [6.07, 6.45) is 5.40. The van der Waals surface area contributed by atoms with Gasteiger partial charge < -0.3 is 31.7 Å². The largest absolute Gasteiger partial charge is 0.481 e. The summed E-state index contributed by atoms with van der Waals surface area (Å²) in [7, 11) is 0. The summed E-state index contributed by atoms with van der Waals surface area (Å²) in [5, 5.41) is 12.1. The molecule has 2 aromatic rings. The summed E-state index contributed by atoms with van der Waals surface area (Å²) in [5.41, 5.74) is 14.2. The third-order valence-electron chi connectivity index (χ3n) is 6.74. The molecular weight excluding hydrogens is 498 g/mol. The Morgan fingerprint density at radius 2 is 1.67 bits per heavy atom. The highest BCUT2D eigenvalue weighted by molar-refractivity contribution is 6.10. The van der Waals surface area contributed by atoms with Crippen LogP contribution in [0.5, 0.6) is 0 Å². The van der Waals surface area contributed by atoms with Gasteiger partial charge in [-0.25, -0.2) is 0 Å². The number of para-hydroxylation sites is 1. The molecule has 6 N–H and O–H groups in total. The molecular formula is C29H39N5O5. The van der Waals surface area contributed by atoms with Crippen LogP contribution in [-0.2, 0) is 27.3 Å². The lowest BCUT2D eigenvalue weighted by Crippen LogP contribution is -2.40. The van der Waals surface area contributed by atoms with Gasteiger partial charge in [-0.05, 0) is 68.1 Å². The lowest BCUT2D eigenvalue weighted by Gasteiger charge is -2.24. The van der Waals surface area contributed by atoms with Crippen molar-refractivity contribution in [3.8, 4) is 0 Å². The predicted molar refractivity (Wildman–Crippen MR) is 150 cm³/mol. The summed E-state index contributed by atoms with van der Waals surface area (Å²) in [6, 6.07) is 12.8. The van der Waals surface area contributed by atoms with Gasteiger partial charge in [-0.2, -0.15) is 0 Å². The van der Waals surface area contributed by atoms with E-state index in [1.54, 1.807) is 23.1 Å². The van der Waals surface area contributed by atoms with Crippen molar-refractivity contribution in [1.82, 2.24) is 4.90 Å². The number of nitrogens with one attached hydrogen (secondary N) is 1. The molecule has 0 unspecified atom stereocenters. The highest BCUT2D eigenvalue weighted by atomic mass is 16.4. The molecule has 3 amide bonds. The van der Waals surface area contributed by atoms with Gasteiger partial charge in [0.2, 0.25) is 11.8 Å². The molecule has 2 aromatic carbocycles. The van der Waals surface area contributed by atoms with Crippen LogP contribution in [0.15, 0.2) is 42.5 Å². The second-order valence-corrected chi connectivity index (χ2v) is 9.75. The number of carbonyl (C=O) groups is 4. The van der Waals surface area contributed by atoms with Gasteiger partial charge >= 0.3 is 5.97 Å². The summed E-state index contributed by atoms with van der Waals surface area (Å²) < 4.78 is 0. The molecule has 1 aliphatic rings. The molecule has 0 aliphatic carbocycles. The number of carbonyl (C=O) groups excluding carboxylic acids is 3. The number of fused-ring (bicyclic) bond motifs is 1. The van der Waals surface area contributed by atoms with Gasteiger partial charge in [0.25, 0.3) is 5.91 Å². The minimum absolute atomic E-state index is 0.0652. The fourth-order valence-electron chi connectivity index (χ4n) is 4.61. The first kappa shape index (κ1) is 29.8. The second kappa shape index (κ2) is 15.0. The molecule has 3 rings (SSSR count). The van der Waals surface area contributed by atoms with E-state index in [-0.39, 0.29) is 43.8 Å². The van der Waals surface area contributed by atoms with Crippen LogP contribution in [0.1, 0.15) is 66.4 Å². The van der Waals surface area contributed by atoms with Gasteiger partial charge in [0.15, 0.2) is 0 Å². The maximum absolute atomic E-state index is 13.5. The quantitative estimate of drug-likeness (QED) is 0.254. The first-order valence-corrected chi connectivity index (χ1v) is 13.6. The molecule has 1 aliphatic heterocycles. The maximum atomic E-state index is 13.5. The molecule has 0 saturated carbocycles. The molecule has 0 spiro atoms. The number of anilines is 2. The zero-order chi connectivity index (χ0) is 28.2. The number of carboxylic acid groups (broad SMARTS) is 1. The molecule has 0 atom stereocenters. The van der Waals surface area contributed by atoms with E-state index in [9.17, 15) is 24.3 Å². The second-order valence-electron chi connectivity index (χ2n) is 9.75.